The van der Waals surface area contributed by atoms with Gasteiger partial charge >= 0.3 is 0 Å². The standard InChI is InChI=1S/C15H23Cl2NO2/c1-10(2)7-11(3)20-9-12(19)8-18-15-13(16)5-4-6-14(15)17/h4-6,10-12,18-19H,7-9H2,1-3H3. The summed E-state index contributed by atoms with van der Waals surface area (Å²) in [4.78, 5) is 0. The van der Waals surface area contributed by atoms with Crippen LogP contribution >= 0.6 is 23.2 Å². The number of ether oxygens (including phenoxy) is 1. The fourth-order valence-corrected chi connectivity index (χ4v) is 2.48. The Bertz CT molecular complexity index is 393. The summed E-state index contributed by atoms with van der Waals surface area (Å²) in [6.07, 6.45) is 0.529. The second-order valence-corrected chi connectivity index (χ2v) is 6.22. The van der Waals surface area contributed by atoms with Gasteiger partial charge in [0.05, 0.1) is 34.5 Å². The van der Waals surface area contributed by atoms with Crippen LogP contribution in [0.3, 0.4) is 0 Å². The molecule has 20 heavy (non-hydrogen) atoms. The van der Waals surface area contributed by atoms with E-state index in [4.69, 9.17) is 27.9 Å². The largest absolute Gasteiger partial charge is 0.389 e. The van der Waals surface area contributed by atoms with Crippen molar-refractivity contribution >= 4 is 28.9 Å². The average molecular weight is 320 g/mol. The first-order valence-corrected chi connectivity index (χ1v) is 7.63. The number of benzene rings is 1. The van der Waals surface area contributed by atoms with Gasteiger partial charge in [0.25, 0.3) is 0 Å². The Morgan fingerprint density at radius 2 is 1.80 bits per heavy atom. The summed E-state index contributed by atoms with van der Waals surface area (Å²) in [6, 6.07) is 5.29. The molecule has 0 heterocycles. The van der Waals surface area contributed by atoms with Gasteiger partial charge in [0.15, 0.2) is 0 Å². The molecule has 0 saturated heterocycles. The molecule has 0 bridgehead atoms. The molecule has 5 heteroatoms. The zero-order valence-electron chi connectivity index (χ0n) is 12.2. The fourth-order valence-electron chi connectivity index (χ4n) is 1.95. The Labute approximate surface area is 131 Å². The molecule has 0 aliphatic carbocycles. The first kappa shape index (κ1) is 17.6. The van der Waals surface area contributed by atoms with Crippen molar-refractivity contribution in [2.75, 3.05) is 18.5 Å². The van der Waals surface area contributed by atoms with E-state index in [9.17, 15) is 5.11 Å². The molecule has 114 valence electrons. The van der Waals surface area contributed by atoms with E-state index in [0.717, 1.165) is 6.42 Å². The number of hydrogen-bond acceptors (Lipinski definition) is 3. The van der Waals surface area contributed by atoms with E-state index < -0.39 is 6.10 Å². The highest BCUT2D eigenvalue weighted by atomic mass is 35.5. The quantitative estimate of drug-likeness (QED) is 0.753. The molecule has 0 fully saturated rings. The van der Waals surface area contributed by atoms with E-state index in [-0.39, 0.29) is 6.10 Å². The number of para-hydroxylation sites is 1. The van der Waals surface area contributed by atoms with Crippen LogP contribution in [0.5, 0.6) is 0 Å². The Balaban J connectivity index is 2.35. The SMILES string of the molecule is CC(C)CC(C)OCC(O)CNc1c(Cl)cccc1Cl. The predicted octanol–water partition coefficient (Wildman–Crippen LogP) is 4.22. The normalized spacial score (nSPS) is 14.3. The van der Waals surface area contributed by atoms with Crippen LogP contribution < -0.4 is 5.32 Å². The maximum absolute atomic E-state index is 9.90. The maximum Gasteiger partial charge on any atom is 0.0945 e. The maximum atomic E-state index is 9.90. The van der Waals surface area contributed by atoms with Crippen LogP contribution in [0.15, 0.2) is 18.2 Å². The molecular weight excluding hydrogens is 297 g/mol. The summed E-state index contributed by atoms with van der Waals surface area (Å²) < 4.78 is 5.61. The van der Waals surface area contributed by atoms with Gasteiger partial charge in [0.1, 0.15) is 0 Å². The second-order valence-electron chi connectivity index (χ2n) is 5.40. The van der Waals surface area contributed by atoms with Gasteiger partial charge in [0, 0.05) is 6.54 Å². The smallest absolute Gasteiger partial charge is 0.0945 e. The van der Waals surface area contributed by atoms with Gasteiger partial charge in [-0.1, -0.05) is 43.1 Å². The van der Waals surface area contributed by atoms with Crippen molar-refractivity contribution < 1.29 is 9.84 Å². The summed E-state index contributed by atoms with van der Waals surface area (Å²) in [7, 11) is 0. The molecule has 3 nitrogen and oxygen atoms in total. The van der Waals surface area contributed by atoms with Gasteiger partial charge in [-0.15, -0.1) is 0 Å². The number of anilines is 1. The van der Waals surface area contributed by atoms with Gasteiger partial charge in [-0.3, -0.25) is 0 Å². The second kappa shape index (κ2) is 8.73. The molecule has 0 amide bonds. The molecule has 0 spiro atoms. The van der Waals surface area contributed by atoms with Gasteiger partial charge in [-0.2, -0.15) is 0 Å². The lowest BCUT2D eigenvalue weighted by molar-refractivity contribution is -0.00443. The Hall–Kier alpha value is -0.480. The van der Waals surface area contributed by atoms with Gasteiger partial charge < -0.3 is 15.2 Å². The van der Waals surface area contributed by atoms with Crippen LogP contribution in [0.25, 0.3) is 0 Å². The van der Waals surface area contributed by atoms with Gasteiger partial charge in [0.2, 0.25) is 0 Å². The molecule has 0 aliphatic rings. The van der Waals surface area contributed by atoms with E-state index in [1.54, 1.807) is 18.2 Å². The van der Waals surface area contributed by atoms with Crippen molar-refractivity contribution in [3.8, 4) is 0 Å². The van der Waals surface area contributed by atoms with Crippen LogP contribution in [0.2, 0.25) is 10.0 Å². The van der Waals surface area contributed by atoms with E-state index in [1.165, 1.54) is 0 Å². The minimum Gasteiger partial charge on any atom is -0.389 e. The number of rotatable bonds is 8. The summed E-state index contributed by atoms with van der Waals surface area (Å²) >= 11 is 12.1. The number of aliphatic hydroxyl groups excluding tert-OH is 1. The third kappa shape index (κ3) is 6.31. The monoisotopic (exact) mass is 319 g/mol. The highest BCUT2D eigenvalue weighted by Gasteiger charge is 2.11. The molecule has 0 saturated carbocycles. The molecule has 2 unspecified atom stereocenters. The number of hydrogen-bond donors (Lipinski definition) is 2. The molecule has 0 radical (unpaired) electrons. The van der Waals surface area contributed by atoms with E-state index >= 15 is 0 Å². The van der Waals surface area contributed by atoms with E-state index in [2.05, 4.69) is 19.2 Å². The van der Waals surface area contributed by atoms with Crippen molar-refractivity contribution in [3.63, 3.8) is 0 Å². The van der Waals surface area contributed by atoms with Crippen LogP contribution in [-0.2, 0) is 4.74 Å². The molecular formula is C15H23Cl2NO2. The third-order valence-electron chi connectivity index (χ3n) is 2.85. The zero-order valence-corrected chi connectivity index (χ0v) is 13.7. The highest BCUT2D eigenvalue weighted by molar-refractivity contribution is 6.39. The van der Waals surface area contributed by atoms with Crippen LogP contribution in [0.1, 0.15) is 27.2 Å². The van der Waals surface area contributed by atoms with Crippen LogP contribution in [0, 0.1) is 5.92 Å². The van der Waals surface area contributed by atoms with Crippen molar-refractivity contribution in [2.45, 2.75) is 39.4 Å². The summed E-state index contributed by atoms with van der Waals surface area (Å²) in [5, 5.41) is 14.0. The predicted molar refractivity (Wildman–Crippen MR) is 85.8 cm³/mol. The number of aliphatic hydroxyl groups is 1. The summed E-state index contributed by atoms with van der Waals surface area (Å²) in [6.45, 7) is 6.96. The Morgan fingerprint density at radius 3 is 2.35 bits per heavy atom. The topological polar surface area (TPSA) is 41.5 Å². The molecule has 0 aromatic heterocycles. The molecule has 2 atom stereocenters. The molecule has 1 aromatic rings. The first-order chi connectivity index (χ1) is 9.40. The number of nitrogens with one attached hydrogen (secondary N) is 1. The van der Waals surface area contributed by atoms with Crippen molar-refractivity contribution in [2.24, 2.45) is 5.92 Å². The first-order valence-electron chi connectivity index (χ1n) is 6.87. The van der Waals surface area contributed by atoms with E-state index in [0.29, 0.717) is 34.8 Å². The third-order valence-corrected chi connectivity index (χ3v) is 3.48. The van der Waals surface area contributed by atoms with E-state index in [1.807, 2.05) is 6.92 Å². The summed E-state index contributed by atoms with van der Waals surface area (Å²) in [5.41, 5.74) is 0.644. The van der Waals surface area contributed by atoms with Crippen molar-refractivity contribution in [3.05, 3.63) is 28.2 Å². The molecule has 0 aliphatic heterocycles. The molecule has 1 aromatic carbocycles. The number of halogens is 2. The summed E-state index contributed by atoms with van der Waals surface area (Å²) in [5.74, 6) is 0.585. The van der Waals surface area contributed by atoms with Gasteiger partial charge in [-0.25, -0.2) is 0 Å². The average Bonchev–Trinajstić information content (AvgIpc) is 2.35. The van der Waals surface area contributed by atoms with Crippen LogP contribution in [0.4, 0.5) is 5.69 Å². The highest BCUT2D eigenvalue weighted by Crippen LogP contribution is 2.29. The van der Waals surface area contributed by atoms with Crippen molar-refractivity contribution in [1.29, 1.82) is 0 Å². The minimum atomic E-state index is -0.600. The van der Waals surface area contributed by atoms with Crippen LogP contribution in [-0.4, -0.2) is 30.5 Å². The zero-order chi connectivity index (χ0) is 15.1. The Kier molecular flexibility index (Phi) is 7.67. The molecule has 1 rings (SSSR count). The molecule has 2 N–H and O–H groups in total. The fraction of sp³-hybridized carbons (Fsp3) is 0.600. The lowest BCUT2D eigenvalue weighted by Gasteiger charge is -2.19. The lowest BCUT2D eigenvalue weighted by Crippen LogP contribution is -2.27. The minimum absolute atomic E-state index is 0.147. The Morgan fingerprint density at radius 1 is 1.20 bits per heavy atom. The van der Waals surface area contributed by atoms with Gasteiger partial charge in [-0.05, 0) is 31.4 Å². The van der Waals surface area contributed by atoms with Crippen molar-refractivity contribution in [1.82, 2.24) is 0 Å². The lowest BCUT2D eigenvalue weighted by atomic mass is 10.1.